The minimum Gasteiger partial charge on any atom is -0.356 e. The van der Waals surface area contributed by atoms with Gasteiger partial charge in [-0.1, -0.05) is 13.8 Å². The average Bonchev–Trinajstić information content (AvgIpc) is 2.19. The van der Waals surface area contributed by atoms with Crippen LogP contribution in [0.1, 0.15) is 26.7 Å². The first-order valence-corrected chi connectivity index (χ1v) is 7.97. The second-order valence-electron chi connectivity index (χ2n) is 4.84. The number of hydrogen-bond donors (Lipinski definition) is 2. The van der Waals surface area contributed by atoms with Gasteiger partial charge >= 0.3 is 0 Å². The van der Waals surface area contributed by atoms with Crippen molar-refractivity contribution in [2.75, 3.05) is 25.1 Å². The molecule has 0 aromatic heterocycles. The van der Waals surface area contributed by atoms with Gasteiger partial charge < -0.3 is 11.1 Å². The van der Waals surface area contributed by atoms with Crippen molar-refractivity contribution in [3.63, 3.8) is 0 Å². The van der Waals surface area contributed by atoms with Crippen LogP contribution in [0.4, 0.5) is 0 Å². The van der Waals surface area contributed by atoms with Gasteiger partial charge in [-0.15, -0.1) is 0 Å². The van der Waals surface area contributed by atoms with Gasteiger partial charge in [0.15, 0.2) is 0 Å². The van der Waals surface area contributed by atoms with Gasteiger partial charge in [-0.3, -0.25) is 4.79 Å². The Morgan fingerprint density at radius 1 is 1.35 bits per heavy atom. The summed E-state index contributed by atoms with van der Waals surface area (Å²) < 4.78 is 21.8. The van der Waals surface area contributed by atoms with E-state index in [9.17, 15) is 13.2 Å². The molecular weight excluding hydrogens is 240 g/mol. The fourth-order valence-electron chi connectivity index (χ4n) is 1.57. The molecular formula is C11H24N2O3S. The summed E-state index contributed by atoms with van der Waals surface area (Å²) in [6, 6.07) is 0. The summed E-state index contributed by atoms with van der Waals surface area (Å²) >= 11 is 0. The van der Waals surface area contributed by atoms with Crippen molar-refractivity contribution in [2.24, 2.45) is 17.6 Å². The Bertz CT molecular complexity index is 326. The number of rotatable bonds is 8. The van der Waals surface area contributed by atoms with Crippen molar-refractivity contribution in [3.8, 4) is 0 Å². The van der Waals surface area contributed by atoms with Crippen molar-refractivity contribution in [3.05, 3.63) is 0 Å². The molecule has 0 aromatic rings. The largest absolute Gasteiger partial charge is 0.356 e. The Balaban J connectivity index is 3.91. The molecule has 17 heavy (non-hydrogen) atoms. The molecule has 0 heterocycles. The fourth-order valence-corrected chi connectivity index (χ4v) is 2.24. The molecule has 102 valence electrons. The molecule has 1 unspecified atom stereocenters. The van der Waals surface area contributed by atoms with Crippen LogP contribution in [0.5, 0.6) is 0 Å². The van der Waals surface area contributed by atoms with Gasteiger partial charge in [0.2, 0.25) is 5.91 Å². The lowest BCUT2D eigenvalue weighted by Gasteiger charge is -2.16. The third-order valence-electron chi connectivity index (χ3n) is 2.40. The number of hydrogen-bond acceptors (Lipinski definition) is 4. The van der Waals surface area contributed by atoms with Crippen molar-refractivity contribution in [2.45, 2.75) is 26.7 Å². The summed E-state index contributed by atoms with van der Waals surface area (Å²) in [5, 5.41) is 2.73. The number of carbonyl (C=O) groups excluding carboxylic acids is 1. The molecule has 6 heteroatoms. The van der Waals surface area contributed by atoms with Crippen molar-refractivity contribution in [1.82, 2.24) is 5.32 Å². The summed E-state index contributed by atoms with van der Waals surface area (Å²) in [7, 11) is -2.94. The highest BCUT2D eigenvalue weighted by Gasteiger charge is 2.17. The zero-order chi connectivity index (χ0) is 13.5. The topological polar surface area (TPSA) is 89.3 Å². The van der Waals surface area contributed by atoms with Gasteiger partial charge in [-0.05, 0) is 18.8 Å². The SMILES string of the molecule is CC(C)CC(CN)C(=O)NCCCS(C)(=O)=O. The van der Waals surface area contributed by atoms with Crippen LogP contribution in [0.2, 0.25) is 0 Å². The molecule has 1 atom stereocenters. The summed E-state index contributed by atoms with van der Waals surface area (Å²) in [5.41, 5.74) is 5.54. The highest BCUT2D eigenvalue weighted by molar-refractivity contribution is 7.90. The van der Waals surface area contributed by atoms with Gasteiger partial charge in [-0.25, -0.2) is 8.42 Å². The molecule has 5 nitrogen and oxygen atoms in total. The van der Waals surface area contributed by atoms with E-state index in [1.807, 2.05) is 13.8 Å². The molecule has 0 fully saturated rings. The van der Waals surface area contributed by atoms with Crippen LogP contribution >= 0.6 is 0 Å². The van der Waals surface area contributed by atoms with E-state index >= 15 is 0 Å². The molecule has 3 N–H and O–H groups in total. The molecule has 0 saturated carbocycles. The van der Waals surface area contributed by atoms with E-state index in [-0.39, 0.29) is 17.6 Å². The van der Waals surface area contributed by atoms with E-state index in [4.69, 9.17) is 5.73 Å². The highest BCUT2D eigenvalue weighted by atomic mass is 32.2. The zero-order valence-electron chi connectivity index (χ0n) is 10.9. The first kappa shape index (κ1) is 16.4. The Morgan fingerprint density at radius 2 is 1.94 bits per heavy atom. The van der Waals surface area contributed by atoms with Crippen LogP contribution in [-0.4, -0.2) is 39.4 Å². The van der Waals surface area contributed by atoms with Gasteiger partial charge in [-0.2, -0.15) is 0 Å². The van der Waals surface area contributed by atoms with Crippen molar-refractivity contribution < 1.29 is 13.2 Å². The molecule has 0 bridgehead atoms. The summed E-state index contributed by atoms with van der Waals surface area (Å²) in [6.07, 6.45) is 2.40. The van der Waals surface area contributed by atoms with Gasteiger partial charge in [0.25, 0.3) is 0 Å². The molecule has 0 saturated heterocycles. The van der Waals surface area contributed by atoms with E-state index in [2.05, 4.69) is 5.32 Å². The summed E-state index contributed by atoms with van der Waals surface area (Å²) in [4.78, 5) is 11.7. The number of nitrogens with one attached hydrogen (secondary N) is 1. The molecule has 0 aliphatic heterocycles. The minimum atomic E-state index is -2.94. The first-order chi connectivity index (χ1) is 7.76. The first-order valence-electron chi connectivity index (χ1n) is 5.91. The molecule has 0 aliphatic carbocycles. The van der Waals surface area contributed by atoms with Crippen LogP contribution in [0.15, 0.2) is 0 Å². The van der Waals surface area contributed by atoms with Crippen LogP contribution in [0.25, 0.3) is 0 Å². The van der Waals surface area contributed by atoms with Gasteiger partial charge in [0.1, 0.15) is 9.84 Å². The highest BCUT2D eigenvalue weighted by Crippen LogP contribution is 2.10. The molecule has 0 radical (unpaired) electrons. The number of carbonyl (C=O) groups is 1. The summed E-state index contributed by atoms with van der Waals surface area (Å²) in [6.45, 7) is 4.80. The van der Waals surface area contributed by atoms with Gasteiger partial charge in [0.05, 0.1) is 11.7 Å². The van der Waals surface area contributed by atoms with Gasteiger partial charge in [0, 0.05) is 19.3 Å². The Hall–Kier alpha value is -0.620. The molecule has 0 rings (SSSR count). The lowest BCUT2D eigenvalue weighted by molar-refractivity contribution is -0.125. The van der Waals surface area contributed by atoms with Crippen molar-refractivity contribution in [1.29, 1.82) is 0 Å². The third-order valence-corrected chi connectivity index (χ3v) is 3.43. The maximum Gasteiger partial charge on any atom is 0.224 e. The normalized spacial score (nSPS) is 13.7. The Morgan fingerprint density at radius 3 is 2.35 bits per heavy atom. The van der Waals surface area contributed by atoms with E-state index in [1.54, 1.807) is 0 Å². The second-order valence-corrected chi connectivity index (χ2v) is 7.10. The molecule has 0 aromatic carbocycles. The van der Waals surface area contributed by atoms with E-state index in [1.165, 1.54) is 6.26 Å². The van der Waals surface area contributed by atoms with Crippen LogP contribution in [0.3, 0.4) is 0 Å². The standard InChI is InChI=1S/C11H24N2O3S/c1-9(2)7-10(8-12)11(14)13-5-4-6-17(3,15)16/h9-10H,4-8,12H2,1-3H3,(H,13,14). The average molecular weight is 264 g/mol. The Labute approximate surface area is 104 Å². The Kier molecular flexibility index (Phi) is 7.38. The van der Waals surface area contributed by atoms with Crippen molar-refractivity contribution >= 4 is 15.7 Å². The predicted octanol–water partition coefficient (Wildman–Crippen LogP) is 0.158. The van der Waals surface area contributed by atoms with E-state index in [0.29, 0.717) is 25.4 Å². The van der Waals surface area contributed by atoms with Crippen LogP contribution in [0, 0.1) is 11.8 Å². The molecule has 0 spiro atoms. The predicted molar refractivity (Wildman–Crippen MR) is 69.3 cm³/mol. The minimum absolute atomic E-state index is 0.0744. The van der Waals surface area contributed by atoms with Crippen LogP contribution in [-0.2, 0) is 14.6 Å². The fraction of sp³-hybridized carbons (Fsp3) is 0.909. The lowest BCUT2D eigenvalue weighted by Crippen LogP contribution is -2.36. The zero-order valence-corrected chi connectivity index (χ0v) is 11.7. The number of amides is 1. The maximum absolute atomic E-state index is 11.7. The second kappa shape index (κ2) is 7.66. The van der Waals surface area contributed by atoms with E-state index in [0.717, 1.165) is 6.42 Å². The quantitative estimate of drug-likeness (QED) is 0.611. The van der Waals surface area contributed by atoms with Crippen LogP contribution < -0.4 is 11.1 Å². The monoisotopic (exact) mass is 264 g/mol. The third kappa shape index (κ3) is 9.12. The molecule has 1 amide bonds. The molecule has 0 aliphatic rings. The number of nitrogens with two attached hydrogens (primary N) is 1. The lowest BCUT2D eigenvalue weighted by atomic mass is 9.96. The smallest absolute Gasteiger partial charge is 0.224 e. The number of sulfone groups is 1. The van der Waals surface area contributed by atoms with E-state index < -0.39 is 9.84 Å². The summed E-state index contributed by atoms with van der Waals surface area (Å²) in [5.74, 6) is 0.276. The maximum atomic E-state index is 11.7.